The minimum Gasteiger partial charge on any atom is -0.497 e. The molecule has 5 heteroatoms. The molecule has 0 N–H and O–H groups in total. The van der Waals surface area contributed by atoms with Crippen LogP contribution in [0.1, 0.15) is 16.5 Å². The molecular weight excluding hydrogens is 310 g/mol. The summed E-state index contributed by atoms with van der Waals surface area (Å²) in [6, 6.07) is 9.62. The molecule has 0 bridgehead atoms. The Morgan fingerprint density at radius 2 is 1.79 bits per heavy atom. The van der Waals surface area contributed by atoms with Crippen molar-refractivity contribution >= 4 is 34.8 Å². The zero-order valence-electron chi connectivity index (χ0n) is 9.96. The smallest absolute Gasteiger partial charge is 0.142 e. The van der Waals surface area contributed by atoms with Crippen molar-refractivity contribution in [2.24, 2.45) is 0 Å². The molecule has 0 aliphatic rings. The number of halogens is 4. The predicted octanol–water partition coefficient (Wildman–Crippen LogP) is 5.47. The average Bonchev–Trinajstić information content (AvgIpc) is 2.41. The largest absolute Gasteiger partial charge is 0.497 e. The lowest BCUT2D eigenvalue weighted by Gasteiger charge is -2.13. The van der Waals surface area contributed by atoms with Crippen molar-refractivity contribution in [3.63, 3.8) is 0 Å². The second kappa shape index (κ2) is 6.00. The molecule has 1 atom stereocenters. The van der Waals surface area contributed by atoms with E-state index in [1.54, 1.807) is 31.4 Å². The molecule has 0 saturated carbocycles. The van der Waals surface area contributed by atoms with Gasteiger partial charge < -0.3 is 4.74 Å². The van der Waals surface area contributed by atoms with Crippen LogP contribution in [0.2, 0.25) is 10.0 Å². The van der Waals surface area contributed by atoms with Gasteiger partial charge in [0, 0.05) is 5.02 Å². The minimum atomic E-state index is -0.551. The molecule has 100 valence electrons. The first-order valence-electron chi connectivity index (χ1n) is 5.45. The molecule has 0 aromatic heterocycles. The van der Waals surface area contributed by atoms with Crippen molar-refractivity contribution in [3.05, 3.63) is 63.4 Å². The van der Waals surface area contributed by atoms with Crippen molar-refractivity contribution in [2.75, 3.05) is 7.11 Å². The maximum atomic E-state index is 13.4. The highest BCUT2D eigenvalue weighted by Gasteiger charge is 2.16. The highest BCUT2D eigenvalue weighted by atomic mass is 35.5. The van der Waals surface area contributed by atoms with Crippen LogP contribution < -0.4 is 4.74 Å². The molecule has 0 saturated heterocycles. The van der Waals surface area contributed by atoms with Crippen molar-refractivity contribution in [2.45, 2.75) is 5.38 Å². The van der Waals surface area contributed by atoms with Crippen LogP contribution in [0.5, 0.6) is 5.75 Å². The number of benzene rings is 2. The molecule has 2 aromatic rings. The fourth-order valence-corrected chi connectivity index (χ4v) is 2.47. The summed E-state index contributed by atoms with van der Waals surface area (Å²) in [6.07, 6.45) is 0. The molecule has 19 heavy (non-hydrogen) atoms. The second-order valence-corrected chi connectivity index (χ2v) is 5.17. The molecule has 0 heterocycles. The summed E-state index contributed by atoms with van der Waals surface area (Å²) < 4.78 is 18.5. The van der Waals surface area contributed by atoms with Crippen molar-refractivity contribution in [1.82, 2.24) is 0 Å². The highest BCUT2D eigenvalue weighted by molar-refractivity contribution is 6.33. The van der Waals surface area contributed by atoms with Gasteiger partial charge in [0.15, 0.2) is 0 Å². The van der Waals surface area contributed by atoms with Crippen LogP contribution in [0.3, 0.4) is 0 Å². The average molecular weight is 320 g/mol. The highest BCUT2D eigenvalue weighted by Crippen LogP contribution is 2.36. The van der Waals surface area contributed by atoms with E-state index in [4.69, 9.17) is 39.5 Å². The van der Waals surface area contributed by atoms with E-state index >= 15 is 0 Å². The van der Waals surface area contributed by atoms with Gasteiger partial charge in [0.25, 0.3) is 0 Å². The molecule has 0 aliphatic carbocycles. The standard InChI is InChI=1S/C14H10Cl3FO/c1-19-9-3-4-10(12(16)7-9)14(17)8-2-5-11(15)13(18)6-8/h2-7,14H,1H3. The zero-order valence-corrected chi connectivity index (χ0v) is 12.2. The van der Waals surface area contributed by atoms with Gasteiger partial charge in [-0.2, -0.15) is 0 Å². The second-order valence-electron chi connectivity index (χ2n) is 3.92. The maximum absolute atomic E-state index is 13.4. The summed E-state index contributed by atoms with van der Waals surface area (Å²) in [5, 5.41) is -0.0201. The molecule has 2 rings (SSSR count). The first-order chi connectivity index (χ1) is 9.02. The van der Waals surface area contributed by atoms with Crippen molar-refractivity contribution < 1.29 is 9.13 Å². The summed E-state index contributed by atoms with van der Waals surface area (Å²) in [4.78, 5) is 0. The number of alkyl halides is 1. The Hall–Kier alpha value is -0.960. The van der Waals surface area contributed by atoms with E-state index in [-0.39, 0.29) is 5.02 Å². The summed E-state index contributed by atoms with van der Waals surface area (Å²) >= 11 is 18.1. The SMILES string of the molecule is COc1ccc(C(Cl)c2ccc(Cl)c(F)c2)c(Cl)c1. The van der Waals surface area contributed by atoms with Crippen molar-refractivity contribution in [1.29, 1.82) is 0 Å². The summed E-state index contributed by atoms with van der Waals surface area (Å²) in [5.41, 5.74) is 1.28. The minimum absolute atomic E-state index is 0.0634. The fraction of sp³-hybridized carbons (Fsp3) is 0.143. The van der Waals surface area contributed by atoms with E-state index in [1.807, 2.05) is 0 Å². The number of hydrogen-bond acceptors (Lipinski definition) is 1. The number of methoxy groups -OCH3 is 1. The van der Waals surface area contributed by atoms with Gasteiger partial charge in [0.2, 0.25) is 0 Å². The summed E-state index contributed by atoms with van der Waals surface area (Å²) in [7, 11) is 1.55. The first-order valence-corrected chi connectivity index (χ1v) is 6.64. The molecule has 0 spiro atoms. The van der Waals surface area contributed by atoms with Crippen LogP contribution in [-0.4, -0.2) is 7.11 Å². The van der Waals surface area contributed by atoms with Gasteiger partial charge >= 0.3 is 0 Å². The van der Waals surface area contributed by atoms with Crippen LogP contribution in [-0.2, 0) is 0 Å². The molecule has 0 radical (unpaired) electrons. The third kappa shape index (κ3) is 3.14. The van der Waals surface area contributed by atoms with Crippen LogP contribution in [0, 0.1) is 5.82 Å². The number of ether oxygens (including phenoxy) is 1. The molecular formula is C14H10Cl3FO. The lowest BCUT2D eigenvalue weighted by Crippen LogP contribution is -1.96. The van der Waals surface area contributed by atoms with Gasteiger partial charge in [-0.15, -0.1) is 11.6 Å². The molecule has 0 fully saturated rings. The van der Waals surface area contributed by atoms with E-state index in [0.29, 0.717) is 21.9 Å². The topological polar surface area (TPSA) is 9.23 Å². The van der Waals surface area contributed by atoms with E-state index in [1.165, 1.54) is 12.1 Å². The Kier molecular flexibility index (Phi) is 4.56. The van der Waals surface area contributed by atoms with Crippen LogP contribution in [0.15, 0.2) is 36.4 Å². The lowest BCUT2D eigenvalue weighted by atomic mass is 10.0. The Morgan fingerprint density at radius 1 is 1.05 bits per heavy atom. The molecule has 2 aromatic carbocycles. The monoisotopic (exact) mass is 318 g/mol. The van der Waals surface area contributed by atoms with Gasteiger partial charge in [0.05, 0.1) is 17.5 Å². The van der Waals surface area contributed by atoms with E-state index in [0.717, 1.165) is 0 Å². The summed E-state index contributed by atoms with van der Waals surface area (Å²) in [5.74, 6) is 0.134. The van der Waals surface area contributed by atoms with Gasteiger partial charge in [0.1, 0.15) is 11.6 Å². The maximum Gasteiger partial charge on any atom is 0.142 e. The van der Waals surface area contributed by atoms with E-state index < -0.39 is 11.2 Å². The zero-order chi connectivity index (χ0) is 14.0. The first kappa shape index (κ1) is 14.4. The van der Waals surface area contributed by atoms with Crippen LogP contribution in [0.25, 0.3) is 0 Å². The third-order valence-electron chi connectivity index (χ3n) is 2.72. The number of rotatable bonds is 3. The normalized spacial score (nSPS) is 12.3. The van der Waals surface area contributed by atoms with Gasteiger partial charge in [-0.05, 0) is 35.4 Å². The third-order valence-corrected chi connectivity index (χ3v) is 3.84. The molecule has 1 nitrogen and oxygen atoms in total. The Bertz CT molecular complexity index is 601. The fourth-order valence-electron chi connectivity index (χ4n) is 1.69. The predicted molar refractivity (Wildman–Crippen MR) is 77.1 cm³/mol. The Balaban J connectivity index is 2.38. The molecule has 1 unspecified atom stereocenters. The van der Waals surface area contributed by atoms with Crippen LogP contribution in [0.4, 0.5) is 4.39 Å². The van der Waals surface area contributed by atoms with Crippen molar-refractivity contribution in [3.8, 4) is 5.75 Å². The summed E-state index contributed by atoms with van der Waals surface area (Å²) in [6.45, 7) is 0. The Morgan fingerprint density at radius 3 is 2.37 bits per heavy atom. The van der Waals surface area contributed by atoms with E-state index in [9.17, 15) is 4.39 Å². The molecule has 0 amide bonds. The lowest BCUT2D eigenvalue weighted by molar-refractivity contribution is 0.414. The van der Waals surface area contributed by atoms with Gasteiger partial charge in [-0.3, -0.25) is 0 Å². The number of hydrogen-bond donors (Lipinski definition) is 0. The quantitative estimate of drug-likeness (QED) is 0.682. The molecule has 0 aliphatic heterocycles. The van der Waals surface area contributed by atoms with Gasteiger partial charge in [-0.1, -0.05) is 35.3 Å². The van der Waals surface area contributed by atoms with E-state index in [2.05, 4.69) is 0 Å². The van der Waals surface area contributed by atoms with Gasteiger partial charge in [-0.25, -0.2) is 4.39 Å². The Labute approximate surface area is 125 Å². The van der Waals surface area contributed by atoms with Crippen LogP contribution >= 0.6 is 34.8 Å².